The van der Waals surface area contributed by atoms with Gasteiger partial charge in [-0.05, 0) is 48.5 Å². The van der Waals surface area contributed by atoms with Gasteiger partial charge in [-0.3, -0.25) is 20.2 Å². The van der Waals surface area contributed by atoms with Gasteiger partial charge in [-0.1, -0.05) is 0 Å². The van der Waals surface area contributed by atoms with Crippen LogP contribution in [0.15, 0.2) is 85.7 Å². The number of aromatic amines is 2. The predicted octanol–water partition coefficient (Wildman–Crippen LogP) is 3.60. The summed E-state index contributed by atoms with van der Waals surface area (Å²) < 4.78 is 0. The second-order valence-electron chi connectivity index (χ2n) is 7.57. The molecule has 0 radical (unpaired) electrons. The molecule has 6 aromatic rings. The van der Waals surface area contributed by atoms with Crippen molar-refractivity contribution in [2.24, 2.45) is 0 Å². The Hall–Kier alpha value is -6.14. The monoisotopic (exact) mass is 496 g/mol. The molecule has 0 saturated heterocycles. The van der Waals surface area contributed by atoms with E-state index >= 15 is 0 Å². The largest absolute Gasteiger partial charge is 0.265 e. The van der Waals surface area contributed by atoms with Crippen LogP contribution in [0.1, 0.15) is 11.4 Å². The maximum atomic E-state index is 8.82. The highest BCUT2D eigenvalue weighted by molar-refractivity contribution is 5.62. The van der Waals surface area contributed by atoms with Gasteiger partial charge in [0, 0.05) is 59.4 Å². The molecular weight excluding hydrogens is 480 g/mol. The van der Waals surface area contributed by atoms with Crippen LogP contribution >= 0.6 is 0 Å². The maximum absolute atomic E-state index is 8.82. The van der Waals surface area contributed by atoms with Gasteiger partial charge in [-0.2, -0.15) is 20.7 Å². The normalized spacial score (nSPS) is 10.1. The summed E-state index contributed by atoms with van der Waals surface area (Å²) in [5, 5.41) is 31.7. The zero-order valence-electron chi connectivity index (χ0n) is 19.6. The van der Waals surface area contributed by atoms with Crippen molar-refractivity contribution >= 4 is 0 Å². The Morgan fingerprint density at radius 3 is 1.32 bits per heavy atom. The first-order valence-corrected chi connectivity index (χ1v) is 11.1. The SMILES string of the molecule is N#Cc1cc(-c2n[nH]c(-c3ccncc3)n2)ccn1.N#Cc1cc(-c2n[nH]c(-c3ccncc3)n2)ccn1. The predicted molar refractivity (Wildman–Crippen MR) is 135 cm³/mol. The lowest BCUT2D eigenvalue weighted by atomic mass is 10.2. The first-order valence-electron chi connectivity index (χ1n) is 11.1. The Balaban J connectivity index is 0.000000155. The molecule has 12 nitrogen and oxygen atoms in total. The standard InChI is InChI=1S/2C13H8N6/c2*14-8-11-7-10(3-6-16-11)13-17-12(18-19-13)9-1-4-15-5-2-9/h2*1-7H,(H,17,18,19). The molecular formula is C26H16N12. The van der Waals surface area contributed by atoms with Crippen LogP contribution in [0.25, 0.3) is 45.6 Å². The number of hydrogen-bond donors (Lipinski definition) is 2. The highest BCUT2D eigenvalue weighted by atomic mass is 15.2. The summed E-state index contributed by atoms with van der Waals surface area (Å²) in [5.74, 6) is 2.39. The minimum absolute atomic E-state index is 0.341. The van der Waals surface area contributed by atoms with Crippen molar-refractivity contribution in [1.29, 1.82) is 10.5 Å². The third kappa shape index (κ3) is 5.40. The number of H-pyrrole nitrogens is 2. The molecule has 0 fully saturated rings. The summed E-state index contributed by atoms with van der Waals surface area (Å²) in [6.07, 6.45) is 9.90. The number of hydrogen-bond acceptors (Lipinski definition) is 10. The first kappa shape index (κ1) is 23.6. The van der Waals surface area contributed by atoms with Crippen molar-refractivity contribution in [1.82, 2.24) is 50.3 Å². The minimum Gasteiger partial charge on any atom is -0.265 e. The molecule has 0 aliphatic rings. The van der Waals surface area contributed by atoms with E-state index in [-0.39, 0.29) is 0 Å². The van der Waals surface area contributed by atoms with Crippen LogP contribution in [-0.4, -0.2) is 50.3 Å². The van der Waals surface area contributed by atoms with Crippen LogP contribution in [0.2, 0.25) is 0 Å². The molecule has 0 bridgehead atoms. The molecule has 0 saturated carbocycles. The van der Waals surface area contributed by atoms with E-state index in [1.165, 1.54) is 0 Å². The fourth-order valence-corrected chi connectivity index (χ4v) is 3.32. The summed E-state index contributed by atoms with van der Waals surface area (Å²) >= 11 is 0. The van der Waals surface area contributed by atoms with Crippen LogP contribution in [0.4, 0.5) is 0 Å². The Kier molecular flexibility index (Phi) is 6.87. The van der Waals surface area contributed by atoms with Gasteiger partial charge < -0.3 is 0 Å². The number of pyridine rings is 4. The molecule has 0 aromatic carbocycles. The first-order chi connectivity index (χ1) is 18.7. The Morgan fingerprint density at radius 2 is 0.921 bits per heavy atom. The topological polar surface area (TPSA) is 182 Å². The molecule has 0 aliphatic carbocycles. The van der Waals surface area contributed by atoms with Crippen molar-refractivity contribution < 1.29 is 0 Å². The second-order valence-corrected chi connectivity index (χ2v) is 7.57. The number of aromatic nitrogens is 10. The van der Waals surface area contributed by atoms with Crippen molar-refractivity contribution in [3.8, 4) is 57.7 Å². The van der Waals surface area contributed by atoms with Crippen molar-refractivity contribution in [3.05, 3.63) is 97.1 Å². The van der Waals surface area contributed by atoms with Crippen LogP contribution in [0.3, 0.4) is 0 Å². The van der Waals surface area contributed by atoms with E-state index in [0.29, 0.717) is 34.7 Å². The molecule has 6 aromatic heterocycles. The number of nitriles is 2. The number of nitrogens with one attached hydrogen (secondary N) is 2. The zero-order valence-corrected chi connectivity index (χ0v) is 19.6. The fraction of sp³-hybridized carbons (Fsp3) is 0. The summed E-state index contributed by atoms with van der Waals surface area (Å²) in [4.78, 5) is 24.5. The van der Waals surface area contributed by atoms with Crippen molar-refractivity contribution in [2.75, 3.05) is 0 Å². The van der Waals surface area contributed by atoms with E-state index < -0.39 is 0 Å². The van der Waals surface area contributed by atoms with Gasteiger partial charge >= 0.3 is 0 Å². The molecule has 6 rings (SSSR count). The maximum Gasteiger partial charge on any atom is 0.181 e. The molecule has 0 amide bonds. The fourth-order valence-electron chi connectivity index (χ4n) is 3.32. The van der Waals surface area contributed by atoms with Gasteiger partial charge in [0.25, 0.3) is 0 Å². The number of rotatable bonds is 4. The van der Waals surface area contributed by atoms with Crippen LogP contribution in [0, 0.1) is 22.7 Å². The Morgan fingerprint density at radius 1 is 0.526 bits per heavy atom. The van der Waals surface area contributed by atoms with Gasteiger partial charge in [-0.25, -0.2) is 19.9 Å². The van der Waals surface area contributed by atoms with Gasteiger partial charge in [0.1, 0.15) is 23.5 Å². The summed E-state index contributed by atoms with van der Waals surface area (Å²) in [6, 6.07) is 18.2. The van der Waals surface area contributed by atoms with Gasteiger partial charge in [0.2, 0.25) is 0 Å². The Labute approximate surface area is 215 Å². The average Bonchev–Trinajstić information content (AvgIpc) is 3.70. The van der Waals surface area contributed by atoms with Gasteiger partial charge in [0.15, 0.2) is 23.3 Å². The van der Waals surface area contributed by atoms with E-state index in [4.69, 9.17) is 10.5 Å². The van der Waals surface area contributed by atoms with Crippen LogP contribution in [-0.2, 0) is 0 Å². The molecule has 0 atom stereocenters. The highest BCUT2D eigenvalue weighted by Crippen LogP contribution is 2.20. The molecule has 6 heterocycles. The van der Waals surface area contributed by atoms with E-state index in [1.54, 1.807) is 61.4 Å². The highest BCUT2D eigenvalue weighted by Gasteiger charge is 2.09. The smallest absolute Gasteiger partial charge is 0.181 e. The molecule has 0 spiro atoms. The lowest BCUT2D eigenvalue weighted by Crippen LogP contribution is -1.86. The second kappa shape index (κ2) is 11.1. The lowest BCUT2D eigenvalue weighted by Gasteiger charge is -1.94. The molecule has 0 aliphatic heterocycles. The van der Waals surface area contributed by atoms with E-state index in [0.717, 1.165) is 22.3 Å². The summed E-state index contributed by atoms with van der Waals surface area (Å²) in [6.45, 7) is 0. The molecule has 180 valence electrons. The van der Waals surface area contributed by atoms with Gasteiger partial charge in [0.05, 0.1) is 0 Å². The van der Waals surface area contributed by atoms with Crippen LogP contribution in [0.5, 0.6) is 0 Å². The molecule has 0 unspecified atom stereocenters. The van der Waals surface area contributed by atoms with E-state index in [9.17, 15) is 0 Å². The Bertz CT molecular complexity index is 1610. The molecule has 12 heteroatoms. The zero-order chi connectivity index (χ0) is 26.2. The van der Waals surface area contributed by atoms with Gasteiger partial charge in [-0.15, -0.1) is 0 Å². The van der Waals surface area contributed by atoms with E-state index in [1.807, 2.05) is 36.4 Å². The summed E-state index contributed by atoms with van der Waals surface area (Å²) in [7, 11) is 0. The quantitative estimate of drug-likeness (QED) is 0.365. The third-order valence-electron chi connectivity index (χ3n) is 5.14. The molecule has 38 heavy (non-hydrogen) atoms. The lowest BCUT2D eigenvalue weighted by molar-refractivity contribution is 1.10. The number of nitrogens with zero attached hydrogens (tertiary/aromatic N) is 10. The average molecular weight is 496 g/mol. The van der Waals surface area contributed by atoms with E-state index in [2.05, 4.69) is 50.3 Å². The van der Waals surface area contributed by atoms with Crippen molar-refractivity contribution in [2.45, 2.75) is 0 Å². The third-order valence-corrected chi connectivity index (χ3v) is 5.14. The minimum atomic E-state index is 0.341. The van der Waals surface area contributed by atoms with Crippen LogP contribution < -0.4 is 0 Å². The van der Waals surface area contributed by atoms with Crippen molar-refractivity contribution in [3.63, 3.8) is 0 Å². The summed E-state index contributed by atoms with van der Waals surface area (Å²) in [5.41, 5.74) is 4.00. The molecule has 2 N–H and O–H groups in total.